The topological polar surface area (TPSA) is 67.2 Å². The first-order valence-corrected chi connectivity index (χ1v) is 10.7. The lowest BCUT2D eigenvalue weighted by Crippen LogP contribution is -2.49. The Bertz CT molecular complexity index is 866. The Kier molecular flexibility index (Phi) is 6.09. The Labute approximate surface area is 172 Å². The number of amides is 1. The van der Waals surface area contributed by atoms with Crippen LogP contribution in [-0.4, -0.2) is 46.0 Å². The van der Waals surface area contributed by atoms with Gasteiger partial charge in [-0.25, -0.2) is 9.78 Å². The van der Waals surface area contributed by atoms with Crippen molar-refractivity contribution in [3.63, 3.8) is 0 Å². The molecule has 1 amide bonds. The molecule has 4 rings (SSSR count). The first-order chi connectivity index (χ1) is 14.1. The van der Waals surface area contributed by atoms with Crippen molar-refractivity contribution in [2.45, 2.75) is 56.5 Å². The number of nitrogens with zero attached hydrogens (tertiary/aromatic N) is 3. The van der Waals surface area contributed by atoms with Crippen molar-refractivity contribution in [1.29, 1.82) is 0 Å². The molecule has 1 aromatic heterocycles. The third-order valence-electron chi connectivity index (χ3n) is 6.52. The summed E-state index contributed by atoms with van der Waals surface area (Å²) < 4.78 is 1.34. The average Bonchev–Trinajstić information content (AvgIpc) is 3.22. The molecule has 1 aliphatic carbocycles. The summed E-state index contributed by atoms with van der Waals surface area (Å²) in [4.78, 5) is 30.2. The van der Waals surface area contributed by atoms with E-state index in [1.54, 1.807) is 12.3 Å². The van der Waals surface area contributed by atoms with Crippen molar-refractivity contribution < 1.29 is 4.79 Å². The van der Waals surface area contributed by atoms with Crippen molar-refractivity contribution in [3.8, 4) is 0 Å². The summed E-state index contributed by atoms with van der Waals surface area (Å²) in [6, 6.07) is 12.8. The molecule has 2 fully saturated rings. The molecule has 1 aliphatic heterocycles. The predicted molar refractivity (Wildman–Crippen MR) is 113 cm³/mol. The molecule has 0 spiro atoms. The molecule has 1 saturated carbocycles. The second-order valence-corrected chi connectivity index (χ2v) is 8.50. The summed E-state index contributed by atoms with van der Waals surface area (Å²) in [7, 11) is 0. The van der Waals surface area contributed by atoms with Crippen LogP contribution in [0, 0.1) is 0 Å². The Hall–Kier alpha value is -2.47. The maximum atomic E-state index is 12.3. The van der Waals surface area contributed by atoms with Gasteiger partial charge in [0.1, 0.15) is 6.54 Å². The van der Waals surface area contributed by atoms with Gasteiger partial charge in [-0.1, -0.05) is 43.2 Å². The van der Waals surface area contributed by atoms with Gasteiger partial charge in [0.05, 0.1) is 0 Å². The molecule has 6 heteroatoms. The molecular formula is C23H30N4O2. The third kappa shape index (κ3) is 4.75. The number of piperidine rings is 1. The Balaban J connectivity index is 1.30. The van der Waals surface area contributed by atoms with E-state index in [1.807, 2.05) is 0 Å². The highest BCUT2D eigenvalue weighted by molar-refractivity contribution is 5.76. The molecular weight excluding hydrogens is 364 g/mol. The molecule has 1 saturated heterocycles. The van der Waals surface area contributed by atoms with Crippen molar-refractivity contribution in [3.05, 3.63) is 64.8 Å². The van der Waals surface area contributed by atoms with Crippen LogP contribution in [0.1, 0.15) is 44.1 Å². The van der Waals surface area contributed by atoms with Gasteiger partial charge in [0.2, 0.25) is 5.91 Å². The van der Waals surface area contributed by atoms with Crippen molar-refractivity contribution in [2.75, 3.05) is 19.6 Å². The molecule has 29 heavy (non-hydrogen) atoms. The molecule has 2 heterocycles. The number of hydrogen-bond acceptors (Lipinski definition) is 4. The molecule has 2 aromatic rings. The highest BCUT2D eigenvalue weighted by Crippen LogP contribution is 2.42. The van der Waals surface area contributed by atoms with E-state index in [-0.39, 0.29) is 24.2 Å². The third-order valence-corrected chi connectivity index (χ3v) is 6.52. The summed E-state index contributed by atoms with van der Waals surface area (Å²) in [6.07, 6.45) is 10.1. The van der Waals surface area contributed by atoms with Crippen LogP contribution in [0.2, 0.25) is 0 Å². The van der Waals surface area contributed by atoms with Crippen LogP contribution in [0.5, 0.6) is 0 Å². The number of carbonyl (C=O) groups is 1. The molecule has 2 aliphatic rings. The van der Waals surface area contributed by atoms with Gasteiger partial charge in [-0.3, -0.25) is 9.36 Å². The lowest BCUT2D eigenvalue weighted by Gasteiger charge is -2.39. The minimum absolute atomic E-state index is 0.0318. The zero-order valence-electron chi connectivity index (χ0n) is 16.9. The fourth-order valence-corrected chi connectivity index (χ4v) is 4.98. The number of carbonyl (C=O) groups excluding carboxylic acids is 1. The molecule has 0 unspecified atom stereocenters. The number of rotatable bonds is 6. The van der Waals surface area contributed by atoms with Gasteiger partial charge in [0.25, 0.3) is 0 Å². The quantitative estimate of drug-likeness (QED) is 0.817. The summed E-state index contributed by atoms with van der Waals surface area (Å²) in [5.41, 5.74) is 1.38. The van der Waals surface area contributed by atoms with E-state index < -0.39 is 0 Å². The summed E-state index contributed by atoms with van der Waals surface area (Å²) in [5, 5.41) is 3.10. The first-order valence-electron chi connectivity index (χ1n) is 10.7. The van der Waals surface area contributed by atoms with Crippen LogP contribution in [0.3, 0.4) is 0 Å². The maximum absolute atomic E-state index is 12.3. The minimum atomic E-state index is -0.389. The summed E-state index contributed by atoms with van der Waals surface area (Å²) >= 11 is 0. The zero-order chi connectivity index (χ0) is 20.1. The normalized spacial score (nSPS) is 19.9. The molecule has 1 aromatic carbocycles. The molecule has 0 bridgehead atoms. The number of likely N-dealkylation sites (tertiary alicyclic amines) is 1. The SMILES string of the molecule is O=C(Cn1cccnc1=O)NC1CCN(CC2(c3ccccc3)CCCC2)CC1. The largest absolute Gasteiger partial charge is 0.352 e. The second kappa shape index (κ2) is 8.91. The standard InChI is InChI=1S/C23H30N4O2/c28-21(17-27-14-6-13-24-22(27)29)25-20-9-15-26(16-10-20)18-23(11-4-5-12-23)19-7-2-1-3-8-19/h1-3,6-8,13-14,20H,4-5,9-12,15-18H2,(H,25,28). The van der Waals surface area contributed by atoms with E-state index in [4.69, 9.17) is 0 Å². The molecule has 0 radical (unpaired) electrons. The number of hydrogen-bond donors (Lipinski definition) is 1. The van der Waals surface area contributed by atoms with E-state index >= 15 is 0 Å². The van der Waals surface area contributed by atoms with Crippen LogP contribution >= 0.6 is 0 Å². The smallest absolute Gasteiger partial charge is 0.347 e. The Morgan fingerprint density at radius 1 is 1.10 bits per heavy atom. The molecule has 1 N–H and O–H groups in total. The van der Waals surface area contributed by atoms with Crippen molar-refractivity contribution in [2.24, 2.45) is 0 Å². The predicted octanol–water partition coefficient (Wildman–Crippen LogP) is 2.34. The van der Waals surface area contributed by atoms with Gasteiger partial charge >= 0.3 is 5.69 Å². The lowest BCUT2D eigenvalue weighted by molar-refractivity contribution is -0.122. The van der Waals surface area contributed by atoms with Gasteiger partial charge in [0.15, 0.2) is 0 Å². The van der Waals surface area contributed by atoms with E-state index in [0.29, 0.717) is 5.41 Å². The summed E-state index contributed by atoms with van der Waals surface area (Å²) in [5.74, 6) is -0.116. The number of benzene rings is 1. The van der Waals surface area contributed by atoms with Gasteiger partial charge in [0, 0.05) is 43.5 Å². The van der Waals surface area contributed by atoms with Gasteiger partial charge < -0.3 is 10.2 Å². The second-order valence-electron chi connectivity index (χ2n) is 8.50. The average molecular weight is 395 g/mol. The molecule has 154 valence electrons. The highest BCUT2D eigenvalue weighted by Gasteiger charge is 2.37. The van der Waals surface area contributed by atoms with Crippen LogP contribution in [0.15, 0.2) is 53.6 Å². The zero-order valence-corrected chi connectivity index (χ0v) is 16.9. The van der Waals surface area contributed by atoms with Gasteiger partial charge in [-0.2, -0.15) is 0 Å². The van der Waals surface area contributed by atoms with Crippen LogP contribution in [-0.2, 0) is 16.8 Å². The lowest BCUT2D eigenvalue weighted by atomic mass is 9.78. The van der Waals surface area contributed by atoms with Gasteiger partial charge in [-0.05, 0) is 37.3 Å². The molecule has 0 atom stereocenters. The molecule has 6 nitrogen and oxygen atoms in total. The van der Waals surface area contributed by atoms with E-state index in [2.05, 4.69) is 45.5 Å². The maximum Gasteiger partial charge on any atom is 0.347 e. The van der Waals surface area contributed by atoms with Gasteiger partial charge in [-0.15, -0.1) is 0 Å². The van der Waals surface area contributed by atoms with E-state index in [0.717, 1.165) is 32.5 Å². The van der Waals surface area contributed by atoms with Crippen molar-refractivity contribution >= 4 is 5.91 Å². The van der Waals surface area contributed by atoms with Crippen molar-refractivity contribution in [1.82, 2.24) is 19.8 Å². The monoisotopic (exact) mass is 394 g/mol. The fraction of sp³-hybridized carbons (Fsp3) is 0.522. The van der Waals surface area contributed by atoms with Crippen LogP contribution < -0.4 is 11.0 Å². The summed E-state index contributed by atoms with van der Waals surface area (Å²) in [6.45, 7) is 3.16. The van der Waals surface area contributed by atoms with Crippen LogP contribution in [0.4, 0.5) is 0 Å². The minimum Gasteiger partial charge on any atom is -0.352 e. The fourth-order valence-electron chi connectivity index (χ4n) is 4.98. The number of aromatic nitrogens is 2. The Morgan fingerprint density at radius 3 is 2.52 bits per heavy atom. The van der Waals surface area contributed by atoms with Crippen LogP contribution in [0.25, 0.3) is 0 Å². The highest BCUT2D eigenvalue weighted by atomic mass is 16.2. The first kappa shape index (κ1) is 19.8. The van der Waals surface area contributed by atoms with E-state index in [9.17, 15) is 9.59 Å². The van der Waals surface area contributed by atoms with E-state index in [1.165, 1.54) is 42.0 Å². The Morgan fingerprint density at radius 2 is 1.83 bits per heavy atom. The number of nitrogens with one attached hydrogen (secondary N) is 1.